The molecular weight excluding hydrogens is 399 g/mol. The number of benzene rings is 1. The van der Waals surface area contributed by atoms with Gasteiger partial charge in [-0.05, 0) is 56.6 Å². The maximum Gasteiger partial charge on any atom is 0.233 e. The van der Waals surface area contributed by atoms with Crippen molar-refractivity contribution >= 4 is 17.5 Å². The van der Waals surface area contributed by atoms with Crippen molar-refractivity contribution < 1.29 is 9.13 Å². The minimum absolute atomic E-state index is 0.0442. The van der Waals surface area contributed by atoms with Gasteiger partial charge in [-0.3, -0.25) is 0 Å². The van der Waals surface area contributed by atoms with Crippen LogP contribution in [0, 0.1) is 16.1 Å². The highest BCUT2D eigenvalue weighted by Crippen LogP contribution is 2.35. The maximum atomic E-state index is 14.8. The van der Waals surface area contributed by atoms with Gasteiger partial charge in [0, 0.05) is 48.0 Å². The summed E-state index contributed by atoms with van der Waals surface area (Å²) >= 11 is 0. The Hall–Kier alpha value is -3.20. The number of nitrogens with zero attached hydrogens (tertiary/aromatic N) is 3. The van der Waals surface area contributed by atoms with Gasteiger partial charge in [0.25, 0.3) is 0 Å². The SMILES string of the molecule is CC1(C)CC(Oc2ccc(-c3c(F)cc(/C(C=N)=C/N)cc3N=O)nn2)CC(C)(C)N1. The monoisotopic (exact) mass is 426 g/mol. The highest BCUT2D eigenvalue weighted by atomic mass is 19.1. The molecule has 0 saturated carbocycles. The molecule has 2 heterocycles. The first-order valence-electron chi connectivity index (χ1n) is 9.97. The zero-order valence-corrected chi connectivity index (χ0v) is 18.1. The number of nitroso groups, excluding NO2 is 1. The minimum Gasteiger partial charge on any atom is -0.473 e. The highest BCUT2D eigenvalue weighted by Gasteiger charge is 2.38. The summed E-state index contributed by atoms with van der Waals surface area (Å²) < 4.78 is 20.9. The first kappa shape index (κ1) is 22.5. The lowest BCUT2D eigenvalue weighted by atomic mass is 9.81. The van der Waals surface area contributed by atoms with Crippen LogP contribution in [0.2, 0.25) is 0 Å². The molecule has 0 aliphatic carbocycles. The number of nitrogens with two attached hydrogens (primary N) is 1. The number of allylic oxidation sites excluding steroid dienone is 1. The Morgan fingerprint density at radius 3 is 2.45 bits per heavy atom. The van der Waals surface area contributed by atoms with Gasteiger partial charge < -0.3 is 21.2 Å². The van der Waals surface area contributed by atoms with Crippen LogP contribution in [0.1, 0.15) is 46.1 Å². The van der Waals surface area contributed by atoms with Gasteiger partial charge in [0.2, 0.25) is 5.88 Å². The number of hydrogen-bond acceptors (Lipinski definition) is 8. The van der Waals surface area contributed by atoms with E-state index in [1.54, 1.807) is 12.1 Å². The predicted octanol–water partition coefficient (Wildman–Crippen LogP) is 4.32. The molecule has 31 heavy (non-hydrogen) atoms. The normalized spacial score (nSPS) is 18.4. The number of rotatable bonds is 6. The van der Waals surface area contributed by atoms with Crippen molar-refractivity contribution in [3.05, 3.63) is 46.8 Å². The lowest BCUT2D eigenvalue weighted by Gasteiger charge is -2.46. The third kappa shape index (κ3) is 5.11. The highest BCUT2D eigenvalue weighted by molar-refractivity contribution is 6.08. The number of piperidine rings is 1. The van der Waals surface area contributed by atoms with Gasteiger partial charge >= 0.3 is 0 Å². The van der Waals surface area contributed by atoms with Crippen LogP contribution in [0.15, 0.2) is 35.6 Å². The maximum absolute atomic E-state index is 14.8. The number of ether oxygens (including phenoxy) is 1. The second kappa shape index (κ2) is 8.50. The van der Waals surface area contributed by atoms with Crippen LogP contribution in [-0.4, -0.2) is 33.6 Å². The zero-order chi connectivity index (χ0) is 22.8. The summed E-state index contributed by atoms with van der Waals surface area (Å²) in [4.78, 5) is 11.4. The molecule has 1 aromatic carbocycles. The van der Waals surface area contributed by atoms with Crippen molar-refractivity contribution in [1.82, 2.24) is 15.5 Å². The Morgan fingerprint density at radius 2 is 1.94 bits per heavy atom. The molecule has 9 heteroatoms. The van der Waals surface area contributed by atoms with E-state index in [9.17, 15) is 9.30 Å². The molecule has 0 unspecified atom stereocenters. The number of aromatic nitrogens is 2. The quantitative estimate of drug-likeness (QED) is 0.466. The molecule has 0 spiro atoms. The van der Waals surface area contributed by atoms with Gasteiger partial charge in [0.05, 0.1) is 11.3 Å². The van der Waals surface area contributed by atoms with Crippen LogP contribution < -0.4 is 15.8 Å². The summed E-state index contributed by atoms with van der Waals surface area (Å²) in [6, 6.07) is 5.69. The molecule has 0 radical (unpaired) electrons. The van der Waals surface area contributed by atoms with Gasteiger partial charge in [-0.15, -0.1) is 15.1 Å². The second-order valence-corrected chi connectivity index (χ2v) is 9.01. The van der Waals surface area contributed by atoms with E-state index in [1.807, 2.05) is 0 Å². The summed E-state index contributed by atoms with van der Waals surface area (Å²) in [6.45, 7) is 8.51. The summed E-state index contributed by atoms with van der Waals surface area (Å²) in [5.41, 5.74) is 5.76. The number of hydrogen-bond donors (Lipinski definition) is 3. The fourth-order valence-corrected chi connectivity index (χ4v) is 4.31. The van der Waals surface area contributed by atoms with E-state index in [2.05, 4.69) is 48.4 Å². The van der Waals surface area contributed by atoms with Gasteiger partial charge in [-0.1, -0.05) is 0 Å². The summed E-state index contributed by atoms with van der Waals surface area (Å²) in [5.74, 6) is -0.379. The first-order chi connectivity index (χ1) is 14.6. The van der Waals surface area contributed by atoms with Crippen molar-refractivity contribution in [3.8, 4) is 17.1 Å². The van der Waals surface area contributed by atoms with E-state index in [-0.39, 0.29) is 45.3 Å². The number of nitrogens with one attached hydrogen (secondary N) is 2. The molecule has 0 bridgehead atoms. The molecule has 1 aliphatic heterocycles. The summed E-state index contributed by atoms with van der Waals surface area (Å²) in [5, 5.41) is 22.0. The van der Waals surface area contributed by atoms with Crippen molar-refractivity contribution in [2.45, 2.75) is 57.7 Å². The van der Waals surface area contributed by atoms with Crippen molar-refractivity contribution in [2.75, 3.05) is 0 Å². The van der Waals surface area contributed by atoms with Crippen LogP contribution in [0.5, 0.6) is 5.88 Å². The molecule has 0 amide bonds. The van der Waals surface area contributed by atoms with Gasteiger partial charge in [0.15, 0.2) is 0 Å². The summed E-state index contributed by atoms with van der Waals surface area (Å²) in [7, 11) is 0. The molecule has 8 nitrogen and oxygen atoms in total. The standard InChI is InChI=1S/C22H27FN6O2/c1-21(2)9-15(10-22(3,4)29-21)31-19-6-5-17(26-27-19)20-16(23)7-13(8-18(20)28-30)14(11-24)12-25/h5-8,11-12,15,24,29H,9-10,25H2,1-4H3/b14-12+,24-11?. The van der Waals surface area contributed by atoms with Crippen LogP contribution in [0.3, 0.4) is 0 Å². The molecule has 1 aromatic heterocycles. The van der Waals surface area contributed by atoms with E-state index in [4.69, 9.17) is 15.9 Å². The van der Waals surface area contributed by atoms with E-state index >= 15 is 0 Å². The van der Waals surface area contributed by atoms with E-state index < -0.39 is 5.82 Å². The Morgan fingerprint density at radius 1 is 1.26 bits per heavy atom. The average Bonchev–Trinajstić information content (AvgIpc) is 2.67. The Balaban J connectivity index is 1.86. The van der Waals surface area contributed by atoms with E-state index in [1.165, 1.54) is 12.1 Å². The molecule has 1 saturated heterocycles. The predicted molar refractivity (Wildman–Crippen MR) is 119 cm³/mol. The van der Waals surface area contributed by atoms with Crippen LogP contribution >= 0.6 is 0 Å². The Kier molecular flexibility index (Phi) is 6.17. The largest absolute Gasteiger partial charge is 0.473 e. The topological polar surface area (TPSA) is 126 Å². The zero-order valence-electron chi connectivity index (χ0n) is 18.1. The molecule has 0 atom stereocenters. The van der Waals surface area contributed by atoms with Crippen molar-refractivity contribution in [3.63, 3.8) is 0 Å². The van der Waals surface area contributed by atoms with Gasteiger partial charge in [0.1, 0.15) is 17.6 Å². The van der Waals surface area contributed by atoms with Gasteiger partial charge in [-0.2, -0.15) is 0 Å². The fraction of sp³-hybridized carbons (Fsp3) is 0.409. The molecule has 3 rings (SSSR count). The summed E-state index contributed by atoms with van der Waals surface area (Å²) in [6.07, 6.45) is 3.69. The van der Waals surface area contributed by atoms with Crippen molar-refractivity contribution in [1.29, 1.82) is 5.41 Å². The third-order valence-corrected chi connectivity index (χ3v) is 5.17. The average molecular weight is 426 g/mol. The smallest absolute Gasteiger partial charge is 0.233 e. The first-order valence-corrected chi connectivity index (χ1v) is 9.97. The van der Waals surface area contributed by atoms with Crippen LogP contribution in [0.25, 0.3) is 16.8 Å². The second-order valence-electron chi connectivity index (χ2n) is 9.01. The number of halogens is 1. The Bertz CT molecular complexity index is 1000. The molecular formula is C22H27FN6O2. The lowest BCUT2D eigenvalue weighted by molar-refractivity contribution is 0.0524. The molecule has 2 aromatic rings. The molecule has 1 fully saturated rings. The minimum atomic E-state index is -0.710. The third-order valence-electron chi connectivity index (χ3n) is 5.17. The molecule has 1 aliphatic rings. The molecule has 4 N–H and O–H groups in total. The van der Waals surface area contributed by atoms with E-state index in [0.29, 0.717) is 5.88 Å². The Labute approximate surface area is 180 Å². The van der Waals surface area contributed by atoms with Crippen LogP contribution in [-0.2, 0) is 0 Å². The molecule has 164 valence electrons. The van der Waals surface area contributed by atoms with Crippen LogP contribution in [0.4, 0.5) is 10.1 Å². The lowest BCUT2D eigenvalue weighted by Crippen LogP contribution is -2.60. The van der Waals surface area contributed by atoms with Crippen molar-refractivity contribution in [2.24, 2.45) is 10.9 Å². The van der Waals surface area contributed by atoms with E-state index in [0.717, 1.165) is 25.3 Å². The van der Waals surface area contributed by atoms with Gasteiger partial charge in [-0.25, -0.2) is 4.39 Å². The fourth-order valence-electron chi connectivity index (χ4n) is 4.31.